The van der Waals surface area contributed by atoms with Gasteiger partial charge in [-0.05, 0) is 63.8 Å². The lowest BCUT2D eigenvalue weighted by atomic mass is 9.89. The highest BCUT2D eigenvalue weighted by Crippen LogP contribution is 2.27. The number of aromatic nitrogens is 1. The molecule has 0 spiro atoms. The molecule has 0 aliphatic carbocycles. The number of pyridine rings is 1. The zero-order valence-electron chi connectivity index (χ0n) is 18.7. The van der Waals surface area contributed by atoms with E-state index in [9.17, 15) is 9.59 Å². The van der Waals surface area contributed by atoms with E-state index >= 15 is 0 Å². The number of ether oxygens (including phenoxy) is 1. The Bertz CT molecular complexity index is 980. The zero-order chi connectivity index (χ0) is 21.8. The van der Waals surface area contributed by atoms with E-state index in [4.69, 9.17) is 4.74 Å². The van der Waals surface area contributed by atoms with Crippen LogP contribution in [0.5, 0.6) is 0 Å². The van der Waals surface area contributed by atoms with Crippen molar-refractivity contribution in [3.8, 4) is 0 Å². The highest BCUT2D eigenvalue weighted by Gasteiger charge is 2.24. The second-order valence-electron chi connectivity index (χ2n) is 8.21. The average Bonchev–Trinajstić information content (AvgIpc) is 2.70. The van der Waals surface area contributed by atoms with Crippen LogP contribution in [0.1, 0.15) is 52.5 Å². The fraction of sp³-hybridized carbons (Fsp3) is 0.478. The maximum atomic E-state index is 13.1. The molecule has 1 aliphatic heterocycles. The Balaban J connectivity index is 1.85. The molecule has 1 fully saturated rings. The van der Waals surface area contributed by atoms with Crippen molar-refractivity contribution in [3.05, 3.63) is 56.5 Å². The second-order valence-corrected chi connectivity index (χ2v) is 8.21. The van der Waals surface area contributed by atoms with Crippen molar-refractivity contribution in [2.24, 2.45) is 0 Å². The van der Waals surface area contributed by atoms with Crippen LogP contribution in [-0.4, -0.2) is 44.5 Å². The first-order chi connectivity index (χ1) is 14.3. The Morgan fingerprint density at radius 3 is 2.57 bits per heavy atom. The molecule has 1 aliphatic rings. The van der Waals surface area contributed by atoms with Crippen molar-refractivity contribution in [3.63, 3.8) is 0 Å². The van der Waals surface area contributed by atoms with Crippen LogP contribution >= 0.6 is 0 Å². The number of carbonyl (C=O) groups is 1. The number of hydrogen-bond acceptors (Lipinski definition) is 4. The van der Waals surface area contributed by atoms with Crippen molar-refractivity contribution in [1.82, 2.24) is 10.3 Å². The van der Waals surface area contributed by atoms with E-state index in [0.717, 1.165) is 60.6 Å². The van der Waals surface area contributed by atoms with Crippen LogP contribution in [0.3, 0.4) is 0 Å². The summed E-state index contributed by atoms with van der Waals surface area (Å²) >= 11 is 0. The fourth-order valence-electron chi connectivity index (χ4n) is 4.36. The maximum Gasteiger partial charge on any atom is 0.253 e. The summed E-state index contributed by atoms with van der Waals surface area (Å²) in [5.41, 5.74) is 5.95. The van der Waals surface area contributed by atoms with Gasteiger partial charge in [-0.3, -0.25) is 9.59 Å². The fourth-order valence-corrected chi connectivity index (χ4v) is 4.36. The second kappa shape index (κ2) is 9.52. The van der Waals surface area contributed by atoms with Gasteiger partial charge in [0.1, 0.15) is 7.85 Å². The van der Waals surface area contributed by atoms with Gasteiger partial charge in [-0.2, -0.15) is 0 Å². The minimum Gasteiger partial charge on any atom is -0.381 e. The number of benzene rings is 1. The molecule has 160 valence electrons. The first kappa shape index (κ1) is 22.2. The summed E-state index contributed by atoms with van der Waals surface area (Å²) in [7, 11) is 2.02. The first-order valence-corrected chi connectivity index (χ1v) is 10.7. The molecule has 0 radical (unpaired) electrons. The monoisotopic (exact) mass is 409 g/mol. The van der Waals surface area contributed by atoms with Gasteiger partial charge in [-0.1, -0.05) is 11.5 Å². The highest BCUT2D eigenvalue weighted by atomic mass is 16.5. The van der Waals surface area contributed by atoms with Crippen LogP contribution in [-0.2, 0) is 11.3 Å². The topological polar surface area (TPSA) is 74.4 Å². The Morgan fingerprint density at radius 1 is 1.23 bits per heavy atom. The minimum atomic E-state index is -0.153. The quantitative estimate of drug-likeness (QED) is 0.710. The number of nitrogens with one attached hydrogen (secondary N) is 2. The maximum absolute atomic E-state index is 13.1. The van der Waals surface area contributed by atoms with Crippen LogP contribution in [0, 0.1) is 20.8 Å². The summed E-state index contributed by atoms with van der Waals surface area (Å²) in [4.78, 5) is 30.5. The lowest BCUT2D eigenvalue weighted by molar-refractivity contribution is 0.0846. The van der Waals surface area contributed by atoms with Crippen molar-refractivity contribution in [2.75, 3.05) is 24.7 Å². The largest absolute Gasteiger partial charge is 0.381 e. The summed E-state index contributed by atoms with van der Waals surface area (Å²) in [5.74, 6) is -0.153. The van der Waals surface area contributed by atoms with Gasteiger partial charge in [0.2, 0.25) is 0 Å². The molecule has 0 saturated carbocycles. The number of rotatable bonds is 6. The number of anilines is 1. The smallest absolute Gasteiger partial charge is 0.253 e. The summed E-state index contributed by atoms with van der Waals surface area (Å²) in [6, 6.07) is 6.44. The molecule has 7 heteroatoms. The Morgan fingerprint density at radius 2 is 1.93 bits per heavy atom. The van der Waals surface area contributed by atoms with E-state index < -0.39 is 0 Å². The molecule has 2 heterocycles. The van der Waals surface area contributed by atoms with Gasteiger partial charge >= 0.3 is 0 Å². The Kier molecular flexibility index (Phi) is 7.03. The molecule has 6 nitrogen and oxygen atoms in total. The summed E-state index contributed by atoms with van der Waals surface area (Å²) in [6.07, 6.45) is 2.00. The third-order valence-electron chi connectivity index (χ3n) is 5.97. The molecular weight excluding hydrogens is 377 g/mol. The van der Waals surface area contributed by atoms with E-state index in [-0.39, 0.29) is 18.0 Å². The van der Waals surface area contributed by atoms with Crippen LogP contribution in [0.15, 0.2) is 23.0 Å². The van der Waals surface area contributed by atoms with Crippen molar-refractivity contribution >= 4 is 24.9 Å². The van der Waals surface area contributed by atoms with Crippen LogP contribution in [0.25, 0.3) is 0 Å². The highest BCUT2D eigenvalue weighted by molar-refractivity contribution is 6.33. The van der Waals surface area contributed by atoms with E-state index in [1.807, 2.05) is 40.8 Å². The van der Waals surface area contributed by atoms with Gasteiger partial charge in [-0.15, -0.1) is 0 Å². The molecule has 0 unspecified atom stereocenters. The van der Waals surface area contributed by atoms with Crippen LogP contribution in [0.2, 0.25) is 0 Å². The number of hydrogen-bond donors (Lipinski definition) is 2. The number of aryl methyl sites for hydroxylation is 2. The standard InChI is InChI=1S/C23H32BN3O3/c1-5-27(18-6-8-30-9-7-18)21-12-17(24)11-19(16(21)4)22(28)25-13-20-14(2)10-15(3)26-23(20)29/h10-12,18H,5-9,13,24H2,1-4H3,(H,25,28)(H,26,29). The first-order valence-electron chi connectivity index (χ1n) is 10.7. The molecule has 30 heavy (non-hydrogen) atoms. The number of amides is 1. The molecule has 0 bridgehead atoms. The molecule has 0 atom stereocenters. The lowest BCUT2D eigenvalue weighted by Gasteiger charge is -2.37. The average molecular weight is 409 g/mol. The number of nitrogens with zero attached hydrogens (tertiary/aromatic N) is 1. The Hall–Kier alpha value is -2.54. The molecule has 1 aromatic carbocycles. The van der Waals surface area contributed by atoms with Gasteiger partial charge < -0.3 is 19.9 Å². The number of aromatic amines is 1. The molecule has 1 saturated heterocycles. The number of carbonyl (C=O) groups excluding carboxylic acids is 1. The van der Waals surface area contributed by atoms with Crippen molar-refractivity contribution < 1.29 is 9.53 Å². The van der Waals surface area contributed by atoms with E-state index in [0.29, 0.717) is 17.2 Å². The summed E-state index contributed by atoms with van der Waals surface area (Å²) in [5, 5.41) is 2.95. The van der Waals surface area contributed by atoms with Crippen molar-refractivity contribution in [2.45, 2.75) is 53.1 Å². The van der Waals surface area contributed by atoms with Gasteiger partial charge in [-0.25, -0.2) is 0 Å². The van der Waals surface area contributed by atoms with Gasteiger partial charge in [0.05, 0.1) is 0 Å². The molecular formula is C23H32BN3O3. The molecule has 2 aromatic rings. The summed E-state index contributed by atoms with van der Waals surface area (Å²) < 4.78 is 5.53. The lowest BCUT2D eigenvalue weighted by Crippen LogP contribution is -2.40. The molecule has 1 aromatic heterocycles. The van der Waals surface area contributed by atoms with E-state index in [1.54, 1.807) is 0 Å². The Labute approximate surface area is 179 Å². The van der Waals surface area contributed by atoms with Crippen LogP contribution < -0.4 is 21.2 Å². The van der Waals surface area contributed by atoms with Gasteiger partial charge in [0.15, 0.2) is 0 Å². The van der Waals surface area contributed by atoms with Gasteiger partial charge in [0.25, 0.3) is 11.5 Å². The third-order valence-corrected chi connectivity index (χ3v) is 5.97. The molecule has 3 rings (SSSR count). The van der Waals surface area contributed by atoms with Crippen LogP contribution in [0.4, 0.5) is 5.69 Å². The molecule has 1 amide bonds. The molecule has 2 N–H and O–H groups in total. The third kappa shape index (κ3) is 4.78. The zero-order valence-corrected chi connectivity index (χ0v) is 18.7. The normalized spacial score (nSPS) is 14.5. The van der Waals surface area contributed by atoms with E-state index in [2.05, 4.69) is 28.2 Å². The van der Waals surface area contributed by atoms with Gasteiger partial charge in [0, 0.05) is 54.9 Å². The minimum absolute atomic E-state index is 0.147. The van der Waals surface area contributed by atoms with E-state index in [1.165, 1.54) is 0 Å². The summed E-state index contributed by atoms with van der Waals surface area (Å²) in [6.45, 7) is 10.6. The van der Waals surface area contributed by atoms with Crippen molar-refractivity contribution in [1.29, 1.82) is 0 Å². The SMILES string of the molecule is Bc1cc(C(=O)NCc2c(C)cc(C)[nH]c2=O)c(C)c(N(CC)C2CCOCC2)c1. The predicted molar refractivity (Wildman–Crippen MR) is 124 cm³/mol. The predicted octanol–water partition coefficient (Wildman–Crippen LogP) is 1.49. The number of H-pyrrole nitrogens is 1.